The van der Waals surface area contributed by atoms with Crippen molar-refractivity contribution in [2.75, 3.05) is 25.5 Å². The normalized spacial score (nSPS) is 20.1. The molecule has 1 fully saturated rings. The van der Waals surface area contributed by atoms with Gasteiger partial charge in [-0.3, -0.25) is 0 Å². The molecule has 1 aliphatic rings. The van der Waals surface area contributed by atoms with Gasteiger partial charge in [0, 0.05) is 24.3 Å². The van der Waals surface area contributed by atoms with Crippen molar-refractivity contribution in [3.05, 3.63) is 24.3 Å². The van der Waals surface area contributed by atoms with Crippen molar-refractivity contribution < 1.29 is 4.74 Å². The maximum atomic E-state index is 5.55. The highest BCUT2D eigenvalue weighted by Crippen LogP contribution is 2.24. The number of imidazole rings is 1. The molecule has 1 aromatic carbocycles. The van der Waals surface area contributed by atoms with Gasteiger partial charge in [-0.25, -0.2) is 4.98 Å². The molecule has 0 spiro atoms. The summed E-state index contributed by atoms with van der Waals surface area (Å²) in [7, 11) is 0. The monoisotopic (exact) mass is 305 g/mol. The zero-order valence-corrected chi connectivity index (χ0v) is 13.3. The number of aromatic amines is 1. The van der Waals surface area contributed by atoms with Gasteiger partial charge in [0.1, 0.15) is 0 Å². The number of fused-ring (bicyclic) bond motifs is 1. The standard InChI is InChI=1S/C16H23N3OS/c1-2-8-17-15(12-7-9-20-10-12)11-21-16-18-13-5-3-4-6-14(13)19-16/h3-6,12,15,17H,2,7-11H2,1H3,(H,18,19). The average Bonchev–Trinajstić information content (AvgIpc) is 3.16. The van der Waals surface area contributed by atoms with Crippen LogP contribution in [0.2, 0.25) is 0 Å². The van der Waals surface area contributed by atoms with Crippen LogP contribution in [0.3, 0.4) is 0 Å². The molecule has 0 saturated carbocycles. The van der Waals surface area contributed by atoms with Gasteiger partial charge in [0.15, 0.2) is 5.16 Å². The smallest absolute Gasteiger partial charge is 0.166 e. The topological polar surface area (TPSA) is 49.9 Å². The second kappa shape index (κ2) is 7.29. The Morgan fingerprint density at radius 2 is 2.38 bits per heavy atom. The van der Waals surface area contributed by atoms with Crippen LogP contribution in [0.1, 0.15) is 19.8 Å². The number of rotatable bonds is 7. The number of nitrogens with one attached hydrogen (secondary N) is 2. The predicted molar refractivity (Wildman–Crippen MR) is 87.8 cm³/mol. The summed E-state index contributed by atoms with van der Waals surface area (Å²) in [5.41, 5.74) is 2.16. The van der Waals surface area contributed by atoms with E-state index in [-0.39, 0.29) is 0 Å². The lowest BCUT2D eigenvalue weighted by Gasteiger charge is -2.22. The summed E-state index contributed by atoms with van der Waals surface area (Å²) in [5.74, 6) is 1.67. The van der Waals surface area contributed by atoms with Gasteiger partial charge in [-0.15, -0.1) is 0 Å². The number of thioether (sulfide) groups is 1. The van der Waals surface area contributed by atoms with E-state index < -0.39 is 0 Å². The summed E-state index contributed by atoms with van der Waals surface area (Å²) in [5, 5.41) is 4.69. The molecule has 0 aliphatic carbocycles. The predicted octanol–water partition coefficient (Wildman–Crippen LogP) is 3.06. The van der Waals surface area contributed by atoms with Crippen LogP contribution in [-0.4, -0.2) is 41.5 Å². The molecule has 2 unspecified atom stereocenters. The number of aromatic nitrogens is 2. The Balaban J connectivity index is 1.62. The number of H-pyrrole nitrogens is 1. The van der Waals surface area contributed by atoms with E-state index in [1.165, 1.54) is 12.8 Å². The molecule has 1 aliphatic heterocycles. The van der Waals surface area contributed by atoms with E-state index in [2.05, 4.69) is 28.3 Å². The van der Waals surface area contributed by atoms with Crippen molar-refractivity contribution in [2.24, 2.45) is 5.92 Å². The Labute approximate surface area is 130 Å². The first-order valence-electron chi connectivity index (χ1n) is 7.75. The van der Waals surface area contributed by atoms with Gasteiger partial charge in [0.25, 0.3) is 0 Å². The van der Waals surface area contributed by atoms with Gasteiger partial charge in [-0.05, 0) is 31.5 Å². The third kappa shape index (κ3) is 3.78. The molecule has 0 amide bonds. The van der Waals surface area contributed by atoms with Gasteiger partial charge in [0.05, 0.1) is 17.6 Å². The molecule has 2 heterocycles. The van der Waals surface area contributed by atoms with Crippen LogP contribution in [0.4, 0.5) is 0 Å². The third-order valence-electron chi connectivity index (χ3n) is 3.96. The Morgan fingerprint density at radius 1 is 1.48 bits per heavy atom. The Kier molecular flexibility index (Phi) is 5.17. The highest BCUT2D eigenvalue weighted by Gasteiger charge is 2.25. The minimum Gasteiger partial charge on any atom is -0.381 e. The lowest BCUT2D eigenvalue weighted by Crippen LogP contribution is -2.39. The summed E-state index contributed by atoms with van der Waals surface area (Å²) in [6.07, 6.45) is 2.33. The van der Waals surface area contributed by atoms with Crippen LogP contribution in [0.15, 0.2) is 29.4 Å². The molecule has 2 N–H and O–H groups in total. The zero-order chi connectivity index (χ0) is 14.5. The summed E-state index contributed by atoms with van der Waals surface area (Å²) < 4.78 is 5.55. The van der Waals surface area contributed by atoms with Gasteiger partial charge < -0.3 is 15.0 Å². The van der Waals surface area contributed by atoms with Gasteiger partial charge >= 0.3 is 0 Å². The van der Waals surface area contributed by atoms with E-state index in [4.69, 9.17) is 4.74 Å². The molecule has 1 saturated heterocycles. The van der Waals surface area contributed by atoms with Crippen LogP contribution in [0.25, 0.3) is 11.0 Å². The number of hydrogen-bond donors (Lipinski definition) is 2. The van der Waals surface area contributed by atoms with E-state index in [1.54, 1.807) is 11.8 Å². The first-order chi connectivity index (χ1) is 10.4. The first kappa shape index (κ1) is 14.9. The number of benzene rings is 1. The summed E-state index contributed by atoms with van der Waals surface area (Å²) >= 11 is 1.81. The van der Waals surface area contributed by atoms with E-state index in [0.717, 1.165) is 41.7 Å². The van der Waals surface area contributed by atoms with E-state index in [0.29, 0.717) is 12.0 Å². The molecule has 21 heavy (non-hydrogen) atoms. The van der Waals surface area contributed by atoms with Crippen molar-refractivity contribution in [1.29, 1.82) is 0 Å². The molecule has 2 aromatic rings. The molecular weight excluding hydrogens is 282 g/mol. The fourth-order valence-corrected chi connectivity index (χ4v) is 3.80. The van der Waals surface area contributed by atoms with Crippen molar-refractivity contribution >= 4 is 22.8 Å². The van der Waals surface area contributed by atoms with Crippen molar-refractivity contribution in [3.8, 4) is 0 Å². The molecule has 1 aromatic heterocycles. The second-order valence-electron chi connectivity index (χ2n) is 5.55. The van der Waals surface area contributed by atoms with Crippen molar-refractivity contribution in [1.82, 2.24) is 15.3 Å². The van der Waals surface area contributed by atoms with Crippen LogP contribution < -0.4 is 5.32 Å². The average molecular weight is 305 g/mol. The summed E-state index contributed by atoms with van der Waals surface area (Å²) in [4.78, 5) is 8.03. The molecule has 5 heteroatoms. The van der Waals surface area contributed by atoms with Gasteiger partial charge in [0.2, 0.25) is 0 Å². The molecule has 0 bridgehead atoms. The highest BCUT2D eigenvalue weighted by atomic mass is 32.2. The lowest BCUT2D eigenvalue weighted by atomic mass is 10.0. The number of nitrogens with zero attached hydrogens (tertiary/aromatic N) is 1. The minimum atomic E-state index is 0.505. The minimum absolute atomic E-state index is 0.505. The van der Waals surface area contributed by atoms with Crippen LogP contribution in [-0.2, 0) is 4.74 Å². The van der Waals surface area contributed by atoms with E-state index in [1.807, 2.05) is 18.2 Å². The van der Waals surface area contributed by atoms with Crippen molar-refractivity contribution in [3.63, 3.8) is 0 Å². The molecule has 0 radical (unpaired) electrons. The molecular formula is C16H23N3OS. The Hall–Kier alpha value is -1.04. The zero-order valence-electron chi connectivity index (χ0n) is 12.5. The quantitative estimate of drug-likeness (QED) is 0.772. The van der Waals surface area contributed by atoms with Crippen LogP contribution in [0, 0.1) is 5.92 Å². The maximum absolute atomic E-state index is 5.55. The fraction of sp³-hybridized carbons (Fsp3) is 0.562. The fourth-order valence-electron chi connectivity index (χ4n) is 2.73. The Morgan fingerprint density at radius 3 is 3.14 bits per heavy atom. The first-order valence-corrected chi connectivity index (χ1v) is 8.74. The van der Waals surface area contributed by atoms with E-state index >= 15 is 0 Å². The Bertz CT molecular complexity index is 532. The maximum Gasteiger partial charge on any atom is 0.166 e. The molecule has 114 valence electrons. The second-order valence-corrected chi connectivity index (χ2v) is 6.56. The SMILES string of the molecule is CCCNC(CSc1nc2ccccc2[nH]1)C1CCOC1. The van der Waals surface area contributed by atoms with Crippen molar-refractivity contribution in [2.45, 2.75) is 31.0 Å². The highest BCUT2D eigenvalue weighted by molar-refractivity contribution is 7.99. The number of ether oxygens (including phenoxy) is 1. The molecule has 4 nitrogen and oxygen atoms in total. The summed E-state index contributed by atoms with van der Waals surface area (Å²) in [6, 6.07) is 8.69. The van der Waals surface area contributed by atoms with Gasteiger partial charge in [-0.1, -0.05) is 30.8 Å². The van der Waals surface area contributed by atoms with Crippen LogP contribution >= 0.6 is 11.8 Å². The molecule has 3 rings (SSSR count). The lowest BCUT2D eigenvalue weighted by molar-refractivity contribution is 0.179. The molecule has 2 atom stereocenters. The summed E-state index contributed by atoms with van der Waals surface area (Å²) in [6.45, 7) is 5.08. The van der Waals surface area contributed by atoms with Crippen LogP contribution in [0.5, 0.6) is 0 Å². The number of para-hydroxylation sites is 2. The number of hydrogen-bond acceptors (Lipinski definition) is 4. The van der Waals surface area contributed by atoms with E-state index in [9.17, 15) is 0 Å². The van der Waals surface area contributed by atoms with Gasteiger partial charge in [-0.2, -0.15) is 0 Å². The largest absolute Gasteiger partial charge is 0.381 e. The third-order valence-corrected chi connectivity index (χ3v) is 4.95.